The summed E-state index contributed by atoms with van der Waals surface area (Å²) >= 11 is 0. The Hall–Kier alpha value is -0.870. The molecule has 1 aliphatic rings. The highest BCUT2D eigenvalue weighted by Gasteiger charge is 2.09. The van der Waals surface area contributed by atoms with Crippen molar-refractivity contribution in [3.8, 4) is 0 Å². The highest BCUT2D eigenvalue weighted by Crippen LogP contribution is 2.19. The van der Waals surface area contributed by atoms with Crippen LogP contribution in [0.4, 0.5) is 0 Å². The summed E-state index contributed by atoms with van der Waals surface area (Å²) < 4.78 is 0. The molecular formula is C15H28N2O2. The van der Waals surface area contributed by atoms with Gasteiger partial charge in [-0.25, -0.2) is 0 Å². The first-order valence-corrected chi connectivity index (χ1v) is 7.54. The maximum absolute atomic E-state index is 11.8. The van der Waals surface area contributed by atoms with Crippen LogP contribution in [0.5, 0.6) is 0 Å². The van der Waals surface area contributed by atoms with Gasteiger partial charge in [0.1, 0.15) is 0 Å². The SMILES string of the molecule is CCN(CCCO)CC(=O)NCCC1=CCCCC1. The van der Waals surface area contributed by atoms with Crippen molar-refractivity contribution in [2.75, 3.05) is 32.8 Å². The minimum atomic E-state index is 0.0937. The van der Waals surface area contributed by atoms with E-state index in [0.717, 1.165) is 32.5 Å². The molecule has 2 N–H and O–H groups in total. The van der Waals surface area contributed by atoms with Crippen molar-refractivity contribution in [3.05, 3.63) is 11.6 Å². The van der Waals surface area contributed by atoms with Gasteiger partial charge in [0.25, 0.3) is 0 Å². The lowest BCUT2D eigenvalue weighted by Gasteiger charge is -2.19. The first-order valence-electron chi connectivity index (χ1n) is 7.54. The molecular weight excluding hydrogens is 240 g/mol. The third kappa shape index (κ3) is 7.33. The van der Waals surface area contributed by atoms with Crippen LogP contribution in [0.2, 0.25) is 0 Å². The number of carbonyl (C=O) groups excluding carboxylic acids is 1. The molecule has 1 aliphatic carbocycles. The molecule has 0 heterocycles. The minimum Gasteiger partial charge on any atom is -0.396 e. The Labute approximate surface area is 116 Å². The average molecular weight is 268 g/mol. The van der Waals surface area contributed by atoms with E-state index in [-0.39, 0.29) is 12.5 Å². The van der Waals surface area contributed by atoms with Crippen LogP contribution in [-0.2, 0) is 4.79 Å². The summed E-state index contributed by atoms with van der Waals surface area (Å²) in [6.07, 6.45) is 9.07. The fourth-order valence-electron chi connectivity index (χ4n) is 2.40. The molecule has 1 rings (SSSR count). The maximum atomic E-state index is 11.8. The van der Waals surface area contributed by atoms with Gasteiger partial charge >= 0.3 is 0 Å². The van der Waals surface area contributed by atoms with Crippen molar-refractivity contribution < 1.29 is 9.90 Å². The third-order valence-corrected chi connectivity index (χ3v) is 3.60. The van der Waals surface area contributed by atoms with E-state index in [1.807, 2.05) is 6.92 Å². The quantitative estimate of drug-likeness (QED) is 0.626. The van der Waals surface area contributed by atoms with Crippen molar-refractivity contribution in [2.45, 2.75) is 45.4 Å². The molecule has 19 heavy (non-hydrogen) atoms. The number of nitrogens with one attached hydrogen (secondary N) is 1. The predicted octanol–water partition coefficient (Wildman–Crippen LogP) is 1.70. The molecule has 0 bridgehead atoms. The number of aliphatic hydroxyl groups is 1. The second kappa shape index (κ2) is 9.98. The molecule has 0 fully saturated rings. The van der Waals surface area contributed by atoms with Crippen LogP contribution < -0.4 is 5.32 Å². The summed E-state index contributed by atoms with van der Waals surface area (Å²) in [6.45, 7) is 5.05. The number of hydrogen-bond acceptors (Lipinski definition) is 3. The van der Waals surface area contributed by atoms with Gasteiger partial charge in [0.05, 0.1) is 6.54 Å². The zero-order valence-electron chi connectivity index (χ0n) is 12.2. The average Bonchev–Trinajstić information content (AvgIpc) is 2.44. The summed E-state index contributed by atoms with van der Waals surface area (Å²) in [5.41, 5.74) is 1.50. The van der Waals surface area contributed by atoms with Crippen molar-refractivity contribution in [1.82, 2.24) is 10.2 Å². The Morgan fingerprint density at radius 3 is 2.95 bits per heavy atom. The van der Waals surface area contributed by atoms with E-state index in [1.165, 1.54) is 31.3 Å². The van der Waals surface area contributed by atoms with Crippen LogP contribution in [0.3, 0.4) is 0 Å². The lowest BCUT2D eigenvalue weighted by molar-refractivity contribution is -0.122. The van der Waals surface area contributed by atoms with E-state index in [1.54, 1.807) is 0 Å². The van der Waals surface area contributed by atoms with Gasteiger partial charge in [-0.1, -0.05) is 18.6 Å². The summed E-state index contributed by atoms with van der Waals surface area (Å²) in [6, 6.07) is 0. The Morgan fingerprint density at radius 1 is 1.47 bits per heavy atom. The van der Waals surface area contributed by atoms with Gasteiger partial charge < -0.3 is 10.4 Å². The van der Waals surface area contributed by atoms with E-state index < -0.39 is 0 Å². The number of allylic oxidation sites excluding steroid dienone is 1. The van der Waals surface area contributed by atoms with Gasteiger partial charge in [-0.3, -0.25) is 9.69 Å². The zero-order chi connectivity index (χ0) is 13.9. The summed E-state index contributed by atoms with van der Waals surface area (Å²) in [7, 11) is 0. The summed E-state index contributed by atoms with van der Waals surface area (Å²) in [5.74, 6) is 0.0937. The van der Waals surface area contributed by atoms with E-state index in [2.05, 4.69) is 16.3 Å². The Kier molecular flexibility index (Phi) is 8.50. The number of carbonyl (C=O) groups is 1. The lowest BCUT2D eigenvalue weighted by atomic mass is 9.97. The smallest absolute Gasteiger partial charge is 0.234 e. The summed E-state index contributed by atoms with van der Waals surface area (Å²) in [4.78, 5) is 13.8. The maximum Gasteiger partial charge on any atom is 0.234 e. The van der Waals surface area contributed by atoms with E-state index in [4.69, 9.17) is 5.11 Å². The van der Waals surface area contributed by atoms with Crippen LogP contribution in [0.1, 0.15) is 45.4 Å². The minimum absolute atomic E-state index is 0.0937. The number of likely N-dealkylation sites (N-methyl/N-ethyl adjacent to an activating group) is 1. The molecule has 0 unspecified atom stereocenters. The molecule has 0 saturated carbocycles. The van der Waals surface area contributed by atoms with Crippen molar-refractivity contribution in [3.63, 3.8) is 0 Å². The van der Waals surface area contributed by atoms with Gasteiger partial charge in [-0.2, -0.15) is 0 Å². The second-order valence-corrected chi connectivity index (χ2v) is 5.15. The largest absolute Gasteiger partial charge is 0.396 e. The topological polar surface area (TPSA) is 52.6 Å². The Balaban J connectivity index is 2.13. The molecule has 0 aromatic carbocycles. The monoisotopic (exact) mass is 268 g/mol. The predicted molar refractivity (Wildman–Crippen MR) is 78.0 cm³/mol. The Bertz CT molecular complexity index is 290. The normalized spacial score (nSPS) is 15.4. The second-order valence-electron chi connectivity index (χ2n) is 5.15. The molecule has 0 radical (unpaired) electrons. The van der Waals surface area contributed by atoms with E-state index in [9.17, 15) is 4.79 Å². The fourth-order valence-corrected chi connectivity index (χ4v) is 2.40. The van der Waals surface area contributed by atoms with Crippen LogP contribution in [-0.4, -0.2) is 48.7 Å². The van der Waals surface area contributed by atoms with Crippen LogP contribution in [0.25, 0.3) is 0 Å². The molecule has 0 saturated heterocycles. The van der Waals surface area contributed by atoms with Crippen molar-refractivity contribution in [2.24, 2.45) is 0 Å². The van der Waals surface area contributed by atoms with E-state index in [0.29, 0.717) is 6.54 Å². The highest BCUT2D eigenvalue weighted by atomic mass is 16.3. The standard InChI is InChI=1S/C15H28N2O2/c1-2-17(11-6-12-18)13-15(19)16-10-9-14-7-4-3-5-8-14/h7,18H,2-6,8-13H2,1H3,(H,16,19). The number of hydrogen-bond donors (Lipinski definition) is 2. The first kappa shape index (κ1) is 16.2. The fraction of sp³-hybridized carbons (Fsp3) is 0.800. The van der Waals surface area contributed by atoms with Gasteiger partial charge in [0.15, 0.2) is 0 Å². The zero-order valence-corrected chi connectivity index (χ0v) is 12.2. The van der Waals surface area contributed by atoms with Gasteiger partial charge in [0.2, 0.25) is 5.91 Å². The molecule has 0 aromatic heterocycles. The van der Waals surface area contributed by atoms with Crippen molar-refractivity contribution >= 4 is 5.91 Å². The number of aliphatic hydroxyl groups excluding tert-OH is 1. The van der Waals surface area contributed by atoms with Gasteiger partial charge in [0, 0.05) is 19.7 Å². The van der Waals surface area contributed by atoms with E-state index >= 15 is 0 Å². The number of rotatable bonds is 9. The lowest BCUT2D eigenvalue weighted by Crippen LogP contribution is -2.38. The number of nitrogens with zero attached hydrogens (tertiary/aromatic N) is 1. The van der Waals surface area contributed by atoms with Crippen molar-refractivity contribution in [1.29, 1.82) is 0 Å². The highest BCUT2D eigenvalue weighted by molar-refractivity contribution is 5.77. The van der Waals surface area contributed by atoms with Crippen LogP contribution in [0, 0.1) is 0 Å². The molecule has 4 heteroatoms. The first-order chi connectivity index (χ1) is 9.26. The molecule has 1 amide bonds. The molecule has 4 nitrogen and oxygen atoms in total. The third-order valence-electron chi connectivity index (χ3n) is 3.60. The van der Waals surface area contributed by atoms with Crippen LogP contribution >= 0.6 is 0 Å². The van der Waals surface area contributed by atoms with Gasteiger partial charge in [-0.05, 0) is 45.1 Å². The van der Waals surface area contributed by atoms with Gasteiger partial charge in [-0.15, -0.1) is 0 Å². The summed E-state index contributed by atoms with van der Waals surface area (Å²) in [5, 5.41) is 11.8. The van der Waals surface area contributed by atoms with Crippen LogP contribution in [0.15, 0.2) is 11.6 Å². The molecule has 0 aromatic rings. The molecule has 0 spiro atoms. The number of amides is 1. The molecule has 0 aliphatic heterocycles. The molecule has 110 valence electrons. The molecule has 0 atom stereocenters. The Morgan fingerprint density at radius 2 is 2.32 bits per heavy atom.